The monoisotopic (exact) mass is 380 g/mol. The van der Waals surface area contributed by atoms with Gasteiger partial charge in [-0.25, -0.2) is 0 Å². The van der Waals surface area contributed by atoms with Gasteiger partial charge in [0.2, 0.25) is 5.82 Å². The summed E-state index contributed by atoms with van der Waals surface area (Å²) >= 11 is 0. The number of aromatic nitrogens is 1. The molecule has 7 heteroatoms. The molecule has 1 heterocycles. The molecule has 0 amide bonds. The first-order valence-electron chi connectivity index (χ1n) is 8.86. The molecule has 144 valence electrons. The standard InChI is InChI=1S/C19H29FN2O3Si/c1-18(2,3)26(6,7)25-9-8-19(4,5)17-11-13-10-16(22(23)24)14(20)12-15(13)21-17/h10-12,21H,8-9H2,1-7H3. The molecular weight excluding hydrogens is 351 g/mol. The normalized spacial score (nSPS) is 13.4. The zero-order chi connectivity index (χ0) is 19.9. The SMILES string of the molecule is CC(C)(CCO[Si](C)(C)C(C)(C)C)c1cc2cc([N+](=O)[O-])c(F)cc2[nH]1. The van der Waals surface area contributed by atoms with Crippen molar-refractivity contribution < 1.29 is 13.7 Å². The number of nitro benzene ring substituents is 1. The van der Waals surface area contributed by atoms with E-state index in [1.54, 1.807) is 0 Å². The molecule has 0 unspecified atom stereocenters. The highest BCUT2D eigenvalue weighted by molar-refractivity contribution is 6.74. The summed E-state index contributed by atoms with van der Waals surface area (Å²) in [5.41, 5.74) is 0.780. The van der Waals surface area contributed by atoms with Crippen LogP contribution in [-0.4, -0.2) is 24.8 Å². The lowest BCUT2D eigenvalue weighted by molar-refractivity contribution is -0.387. The highest BCUT2D eigenvalue weighted by atomic mass is 28.4. The van der Waals surface area contributed by atoms with Crippen LogP contribution in [0.15, 0.2) is 18.2 Å². The van der Waals surface area contributed by atoms with Crippen molar-refractivity contribution in [3.8, 4) is 0 Å². The van der Waals surface area contributed by atoms with Gasteiger partial charge in [0, 0.05) is 40.8 Å². The molecule has 1 aromatic heterocycles. The van der Waals surface area contributed by atoms with Crippen LogP contribution in [0.3, 0.4) is 0 Å². The maximum atomic E-state index is 13.8. The minimum absolute atomic E-state index is 0.161. The van der Waals surface area contributed by atoms with Crippen LogP contribution in [0.25, 0.3) is 10.9 Å². The maximum absolute atomic E-state index is 13.8. The molecule has 1 aromatic carbocycles. The van der Waals surface area contributed by atoms with Gasteiger partial charge in [-0.1, -0.05) is 34.6 Å². The Balaban J connectivity index is 2.20. The van der Waals surface area contributed by atoms with Gasteiger partial charge in [-0.05, 0) is 30.6 Å². The Hall–Kier alpha value is -1.73. The van der Waals surface area contributed by atoms with E-state index in [1.807, 2.05) is 6.07 Å². The van der Waals surface area contributed by atoms with Crippen LogP contribution in [0.2, 0.25) is 18.1 Å². The van der Waals surface area contributed by atoms with Crippen molar-refractivity contribution in [2.75, 3.05) is 6.61 Å². The van der Waals surface area contributed by atoms with Gasteiger partial charge >= 0.3 is 5.69 Å². The highest BCUT2D eigenvalue weighted by Crippen LogP contribution is 2.38. The number of nitro groups is 1. The second-order valence-electron chi connectivity index (χ2n) is 9.07. The Morgan fingerprint density at radius 2 is 1.81 bits per heavy atom. The first kappa shape index (κ1) is 20.6. The molecule has 0 saturated carbocycles. The average molecular weight is 381 g/mol. The predicted molar refractivity (Wildman–Crippen MR) is 106 cm³/mol. The summed E-state index contributed by atoms with van der Waals surface area (Å²) in [5.74, 6) is -0.824. The fourth-order valence-electron chi connectivity index (χ4n) is 2.56. The third-order valence-corrected chi connectivity index (χ3v) is 10.1. The number of hydrogen-bond acceptors (Lipinski definition) is 3. The van der Waals surface area contributed by atoms with Crippen LogP contribution in [0.4, 0.5) is 10.1 Å². The summed E-state index contributed by atoms with van der Waals surface area (Å²) in [5, 5.41) is 11.7. The number of benzene rings is 1. The number of hydrogen-bond donors (Lipinski definition) is 1. The van der Waals surface area contributed by atoms with Crippen LogP contribution in [0.1, 0.15) is 46.7 Å². The van der Waals surface area contributed by atoms with Crippen molar-refractivity contribution in [2.24, 2.45) is 0 Å². The summed E-state index contributed by atoms with van der Waals surface area (Å²) in [6.07, 6.45) is 0.802. The minimum Gasteiger partial charge on any atom is -0.417 e. The number of nitrogens with one attached hydrogen (secondary N) is 1. The molecule has 0 aliphatic heterocycles. The minimum atomic E-state index is -1.80. The highest BCUT2D eigenvalue weighted by Gasteiger charge is 2.37. The van der Waals surface area contributed by atoms with E-state index < -0.39 is 24.7 Å². The fourth-order valence-corrected chi connectivity index (χ4v) is 3.60. The van der Waals surface area contributed by atoms with E-state index in [2.05, 4.69) is 52.7 Å². The van der Waals surface area contributed by atoms with Crippen LogP contribution >= 0.6 is 0 Å². The van der Waals surface area contributed by atoms with Gasteiger partial charge < -0.3 is 9.41 Å². The molecule has 2 aromatic rings. The van der Waals surface area contributed by atoms with E-state index in [1.165, 1.54) is 12.1 Å². The molecule has 0 fully saturated rings. The van der Waals surface area contributed by atoms with Crippen molar-refractivity contribution in [3.63, 3.8) is 0 Å². The maximum Gasteiger partial charge on any atom is 0.305 e. The largest absolute Gasteiger partial charge is 0.417 e. The predicted octanol–water partition coefficient (Wildman–Crippen LogP) is 5.90. The lowest BCUT2D eigenvalue weighted by atomic mass is 9.86. The number of nitrogens with zero attached hydrogens (tertiary/aromatic N) is 1. The van der Waals surface area contributed by atoms with Crippen LogP contribution in [0, 0.1) is 15.9 Å². The lowest BCUT2D eigenvalue weighted by Gasteiger charge is -2.37. The molecule has 0 saturated heterocycles. The molecule has 0 aliphatic carbocycles. The third-order valence-electron chi connectivity index (χ3n) is 5.61. The average Bonchev–Trinajstić information content (AvgIpc) is 2.88. The van der Waals surface area contributed by atoms with Crippen LogP contribution < -0.4 is 0 Å². The molecule has 5 nitrogen and oxygen atoms in total. The van der Waals surface area contributed by atoms with Crippen LogP contribution in [-0.2, 0) is 9.84 Å². The first-order chi connectivity index (χ1) is 11.7. The van der Waals surface area contributed by atoms with E-state index in [4.69, 9.17) is 4.43 Å². The molecule has 26 heavy (non-hydrogen) atoms. The van der Waals surface area contributed by atoms with Gasteiger partial charge in [0.25, 0.3) is 0 Å². The number of rotatable bonds is 6. The van der Waals surface area contributed by atoms with Crippen molar-refractivity contribution in [1.29, 1.82) is 0 Å². The molecule has 1 N–H and O–H groups in total. The van der Waals surface area contributed by atoms with E-state index in [-0.39, 0.29) is 10.5 Å². The van der Waals surface area contributed by atoms with E-state index >= 15 is 0 Å². The molecule has 0 aliphatic rings. The smallest absolute Gasteiger partial charge is 0.305 e. The van der Waals surface area contributed by atoms with Gasteiger partial charge in [-0.3, -0.25) is 10.1 Å². The zero-order valence-corrected chi connectivity index (χ0v) is 17.7. The Kier molecular flexibility index (Phi) is 5.36. The number of fused-ring (bicyclic) bond motifs is 1. The molecule has 2 rings (SSSR count). The van der Waals surface area contributed by atoms with Gasteiger partial charge in [0.1, 0.15) is 0 Å². The topological polar surface area (TPSA) is 68.2 Å². The Morgan fingerprint density at radius 3 is 2.35 bits per heavy atom. The molecular formula is C19H29FN2O3Si. The van der Waals surface area contributed by atoms with E-state index in [0.717, 1.165) is 12.1 Å². The van der Waals surface area contributed by atoms with Gasteiger partial charge in [-0.15, -0.1) is 0 Å². The molecule has 0 atom stereocenters. The summed E-state index contributed by atoms with van der Waals surface area (Å²) in [4.78, 5) is 13.4. The van der Waals surface area contributed by atoms with Crippen molar-refractivity contribution in [1.82, 2.24) is 4.98 Å². The second kappa shape index (κ2) is 6.77. The number of H-pyrrole nitrogens is 1. The molecule has 0 spiro atoms. The Labute approximate surface area is 155 Å². The summed E-state index contributed by atoms with van der Waals surface area (Å²) in [6, 6.07) is 4.35. The number of halogens is 1. The summed E-state index contributed by atoms with van der Waals surface area (Å²) < 4.78 is 20.1. The number of aromatic amines is 1. The summed E-state index contributed by atoms with van der Waals surface area (Å²) in [7, 11) is -1.80. The Morgan fingerprint density at radius 1 is 1.19 bits per heavy atom. The first-order valence-corrected chi connectivity index (χ1v) is 11.8. The quantitative estimate of drug-likeness (QED) is 0.385. The zero-order valence-electron chi connectivity index (χ0n) is 16.7. The summed E-state index contributed by atoms with van der Waals surface area (Å²) in [6.45, 7) is 15.9. The van der Waals surface area contributed by atoms with Gasteiger partial charge in [0.15, 0.2) is 8.32 Å². The van der Waals surface area contributed by atoms with Gasteiger partial charge in [-0.2, -0.15) is 4.39 Å². The van der Waals surface area contributed by atoms with E-state index in [9.17, 15) is 14.5 Å². The third kappa shape index (κ3) is 4.15. The van der Waals surface area contributed by atoms with Crippen molar-refractivity contribution in [3.05, 3.63) is 39.8 Å². The second-order valence-corrected chi connectivity index (χ2v) is 13.9. The Bertz CT molecular complexity index is 822. The lowest BCUT2D eigenvalue weighted by Crippen LogP contribution is -2.41. The van der Waals surface area contributed by atoms with E-state index in [0.29, 0.717) is 17.5 Å². The van der Waals surface area contributed by atoms with Crippen molar-refractivity contribution in [2.45, 2.75) is 64.6 Å². The molecule has 0 radical (unpaired) electrons. The fraction of sp³-hybridized carbons (Fsp3) is 0.579. The van der Waals surface area contributed by atoms with Gasteiger partial charge in [0.05, 0.1) is 4.92 Å². The van der Waals surface area contributed by atoms with Crippen molar-refractivity contribution >= 4 is 24.9 Å². The molecule has 0 bridgehead atoms. The van der Waals surface area contributed by atoms with Crippen LogP contribution in [0.5, 0.6) is 0 Å².